The van der Waals surface area contributed by atoms with Crippen LogP contribution in [-0.4, -0.2) is 37.8 Å². The van der Waals surface area contributed by atoms with Crippen molar-refractivity contribution in [2.24, 2.45) is 5.92 Å². The Morgan fingerprint density at radius 2 is 1.94 bits per heavy atom. The van der Waals surface area contributed by atoms with Crippen LogP contribution in [0.1, 0.15) is 18.4 Å². The molecule has 0 radical (unpaired) electrons. The number of fused-ring (bicyclic) bond motifs is 1. The monoisotopic (exact) mass is 526 g/mol. The number of hydrogen-bond donors (Lipinski definition) is 0. The van der Waals surface area contributed by atoms with E-state index >= 15 is 0 Å². The zero-order valence-corrected chi connectivity index (χ0v) is 19.8. The number of nitrogens with zero attached hydrogens (tertiary/aromatic N) is 4. The molecule has 3 heterocycles. The highest BCUT2D eigenvalue weighted by Gasteiger charge is 2.48. The van der Waals surface area contributed by atoms with E-state index in [1.54, 1.807) is 16.7 Å². The minimum Gasteiger partial charge on any atom is -0.492 e. The number of halogens is 5. The van der Waals surface area contributed by atoms with Crippen LogP contribution in [0.3, 0.4) is 0 Å². The van der Waals surface area contributed by atoms with Gasteiger partial charge in [-0.05, 0) is 24.6 Å². The molecular weight excluding hydrogens is 513 g/mol. The lowest BCUT2D eigenvalue weighted by Crippen LogP contribution is -2.20. The molecule has 4 aromatic rings. The molecule has 0 spiro atoms. The number of imidazole rings is 1. The molecule has 0 bridgehead atoms. The minimum absolute atomic E-state index is 0.0860. The van der Waals surface area contributed by atoms with Crippen LogP contribution in [0.4, 0.5) is 8.78 Å². The second kappa shape index (κ2) is 8.48. The van der Waals surface area contributed by atoms with Crippen molar-refractivity contribution >= 4 is 46.2 Å². The van der Waals surface area contributed by atoms with Gasteiger partial charge in [-0.15, -0.1) is 0 Å². The fourth-order valence-electron chi connectivity index (χ4n) is 3.82. The largest absolute Gasteiger partial charge is 0.492 e. The van der Waals surface area contributed by atoms with Crippen molar-refractivity contribution in [2.45, 2.75) is 25.7 Å². The Labute approximate surface area is 206 Å². The molecule has 0 N–H and O–H groups in total. The number of aromatic nitrogens is 4. The number of Topliss-reactive ketones (excluding diaryl/α,β-unsaturated/α-hetero) is 1. The zero-order chi connectivity index (χ0) is 24.2. The Kier molecular flexibility index (Phi) is 5.74. The van der Waals surface area contributed by atoms with E-state index in [0.717, 1.165) is 5.56 Å². The summed E-state index contributed by atoms with van der Waals surface area (Å²) in [4.78, 5) is 20.2. The van der Waals surface area contributed by atoms with Crippen molar-refractivity contribution in [1.29, 1.82) is 0 Å². The molecule has 1 fully saturated rings. The maximum atomic E-state index is 13.4. The molecule has 1 saturated carbocycles. The Bertz CT molecular complexity index is 1440. The van der Waals surface area contributed by atoms with Gasteiger partial charge in [0.25, 0.3) is 5.89 Å². The molecule has 0 unspecified atom stereocenters. The summed E-state index contributed by atoms with van der Waals surface area (Å²) in [7, 11) is 0. The van der Waals surface area contributed by atoms with Crippen LogP contribution in [0.25, 0.3) is 28.6 Å². The highest BCUT2D eigenvalue weighted by molar-refractivity contribution is 6.36. The third kappa shape index (κ3) is 4.23. The van der Waals surface area contributed by atoms with Gasteiger partial charge >= 0.3 is 5.92 Å². The Hall–Kier alpha value is -2.75. The van der Waals surface area contributed by atoms with Crippen molar-refractivity contribution in [2.75, 3.05) is 6.61 Å². The third-order valence-electron chi connectivity index (χ3n) is 5.45. The van der Waals surface area contributed by atoms with Gasteiger partial charge in [0.1, 0.15) is 11.4 Å². The van der Waals surface area contributed by atoms with Gasteiger partial charge in [-0.1, -0.05) is 40.0 Å². The van der Waals surface area contributed by atoms with Crippen LogP contribution < -0.4 is 4.74 Å². The first kappa shape index (κ1) is 23.0. The fraction of sp³-hybridized carbons (Fsp3) is 0.273. The van der Waals surface area contributed by atoms with Crippen LogP contribution in [-0.2, 0) is 4.79 Å². The Morgan fingerprint density at radius 3 is 2.68 bits per heavy atom. The van der Waals surface area contributed by atoms with Crippen molar-refractivity contribution in [1.82, 2.24) is 19.5 Å². The average Bonchev–Trinajstić information content (AvgIpc) is 3.46. The number of aryl methyl sites for hydroxylation is 1. The molecule has 0 aliphatic heterocycles. The second-order valence-corrected chi connectivity index (χ2v) is 9.34. The van der Waals surface area contributed by atoms with Crippen LogP contribution in [0.2, 0.25) is 15.1 Å². The molecule has 12 heteroatoms. The van der Waals surface area contributed by atoms with Crippen molar-refractivity contribution in [3.05, 3.63) is 51.2 Å². The molecule has 1 aliphatic rings. The van der Waals surface area contributed by atoms with Crippen LogP contribution in [0.15, 0.2) is 35.1 Å². The van der Waals surface area contributed by atoms with Crippen LogP contribution in [0, 0.1) is 12.8 Å². The SMILES string of the molecule is Cc1cc(Cl)c2nc(-c3noc(-c4cc(Cl)c(OC[C@H]5CC(=O)C(F)(F)C5)cc4Cl)n3)cn2c1. The van der Waals surface area contributed by atoms with Crippen molar-refractivity contribution < 1.29 is 22.8 Å². The first-order chi connectivity index (χ1) is 16.1. The summed E-state index contributed by atoms with van der Waals surface area (Å²) in [5, 5.41) is 4.84. The lowest BCUT2D eigenvalue weighted by molar-refractivity contribution is -0.138. The number of rotatable bonds is 5. The number of hydrogen-bond acceptors (Lipinski definition) is 6. The molecule has 1 aromatic carbocycles. The standard InChI is InChI=1S/C22H15Cl3F2N4O3/c1-10-2-15(25)20-28-16(8-31(20)7-10)19-29-21(34-30-19)12-4-14(24)17(5-13(12)23)33-9-11-3-18(32)22(26,27)6-11/h2,4-5,7-8,11H,3,6,9H2,1H3/t11-/m0/s1. The van der Waals surface area contributed by atoms with Gasteiger partial charge in [0.2, 0.25) is 11.6 Å². The topological polar surface area (TPSA) is 82.5 Å². The van der Waals surface area contributed by atoms with Gasteiger partial charge < -0.3 is 13.7 Å². The maximum Gasteiger partial charge on any atom is 0.305 e. The number of ether oxygens (including phenoxy) is 1. The average molecular weight is 528 g/mol. The molecule has 1 aliphatic carbocycles. The number of alkyl halides is 2. The van der Waals surface area contributed by atoms with Crippen molar-refractivity contribution in [3.63, 3.8) is 0 Å². The minimum atomic E-state index is -3.31. The first-order valence-electron chi connectivity index (χ1n) is 10.1. The molecule has 0 saturated heterocycles. The van der Waals surface area contributed by atoms with Crippen molar-refractivity contribution in [3.8, 4) is 28.7 Å². The van der Waals surface area contributed by atoms with Gasteiger partial charge in [0.05, 0.1) is 27.2 Å². The van der Waals surface area contributed by atoms with E-state index in [1.165, 1.54) is 12.1 Å². The normalized spacial score (nSPS) is 17.6. The van der Waals surface area contributed by atoms with Gasteiger partial charge in [0.15, 0.2) is 5.65 Å². The molecule has 7 nitrogen and oxygen atoms in total. The number of carbonyl (C=O) groups is 1. The highest BCUT2D eigenvalue weighted by Crippen LogP contribution is 2.39. The van der Waals surface area contributed by atoms with Gasteiger partial charge in [-0.2, -0.15) is 13.8 Å². The van der Waals surface area contributed by atoms with E-state index in [0.29, 0.717) is 21.9 Å². The molecule has 176 valence electrons. The molecule has 1 atom stereocenters. The smallest absolute Gasteiger partial charge is 0.305 e. The van der Waals surface area contributed by atoms with Gasteiger partial charge in [-0.25, -0.2) is 4.98 Å². The quantitative estimate of drug-likeness (QED) is 0.302. The summed E-state index contributed by atoms with van der Waals surface area (Å²) >= 11 is 19.0. The number of pyridine rings is 1. The van der Waals surface area contributed by atoms with Gasteiger partial charge in [0, 0.05) is 37.2 Å². The van der Waals surface area contributed by atoms with E-state index < -0.39 is 24.0 Å². The predicted molar refractivity (Wildman–Crippen MR) is 122 cm³/mol. The molecule has 5 rings (SSSR count). The first-order valence-corrected chi connectivity index (χ1v) is 11.3. The summed E-state index contributed by atoms with van der Waals surface area (Å²) in [5.41, 5.74) is 2.33. The Morgan fingerprint density at radius 1 is 1.15 bits per heavy atom. The predicted octanol–water partition coefficient (Wildman–Crippen LogP) is 6.31. The number of ketones is 1. The lowest BCUT2D eigenvalue weighted by Gasteiger charge is -2.13. The molecule has 3 aromatic heterocycles. The third-order valence-corrected chi connectivity index (χ3v) is 6.34. The van der Waals surface area contributed by atoms with Crippen LogP contribution in [0.5, 0.6) is 5.75 Å². The van der Waals surface area contributed by atoms with Crippen LogP contribution >= 0.6 is 34.8 Å². The van der Waals surface area contributed by atoms with E-state index in [2.05, 4.69) is 15.1 Å². The fourth-order valence-corrected chi connectivity index (χ4v) is 4.59. The maximum absolute atomic E-state index is 13.4. The summed E-state index contributed by atoms with van der Waals surface area (Å²) in [6.45, 7) is 1.83. The molecule has 0 amide bonds. The zero-order valence-electron chi connectivity index (χ0n) is 17.5. The second-order valence-electron chi connectivity index (χ2n) is 8.12. The van der Waals surface area contributed by atoms with Gasteiger partial charge in [-0.3, -0.25) is 4.79 Å². The van der Waals surface area contributed by atoms with E-state index in [4.69, 9.17) is 44.1 Å². The molecule has 34 heavy (non-hydrogen) atoms. The summed E-state index contributed by atoms with van der Waals surface area (Å²) in [6, 6.07) is 4.72. The van der Waals surface area contributed by atoms with E-state index in [9.17, 15) is 13.6 Å². The summed E-state index contributed by atoms with van der Waals surface area (Å²) in [6.07, 6.45) is 2.81. The van der Waals surface area contributed by atoms with E-state index in [1.807, 2.05) is 13.1 Å². The lowest BCUT2D eigenvalue weighted by atomic mass is 10.1. The number of carbonyl (C=O) groups excluding carboxylic acids is 1. The number of benzene rings is 1. The summed E-state index contributed by atoms with van der Waals surface area (Å²) < 4.78 is 39.6. The summed E-state index contributed by atoms with van der Waals surface area (Å²) in [5.74, 6) is -4.45. The highest BCUT2D eigenvalue weighted by atomic mass is 35.5. The molecular formula is C22H15Cl3F2N4O3. The Balaban J connectivity index is 1.36. The van der Waals surface area contributed by atoms with E-state index in [-0.39, 0.29) is 40.5 Å².